The zero-order chi connectivity index (χ0) is 8.10. The van der Waals surface area contributed by atoms with E-state index in [1.165, 1.54) is 26.4 Å². The molecule has 0 aromatic rings. The van der Waals surface area contributed by atoms with Crippen molar-refractivity contribution >= 4 is 43.2 Å². The molecule has 0 unspecified atom stereocenters. The molecule has 1 heterocycles. The van der Waals surface area contributed by atoms with Crippen LogP contribution in [0.2, 0.25) is 0 Å². The summed E-state index contributed by atoms with van der Waals surface area (Å²) in [5, 5.41) is 0. The van der Waals surface area contributed by atoms with Crippen LogP contribution in [0.1, 0.15) is 19.3 Å². The highest BCUT2D eigenvalue weighted by Crippen LogP contribution is 2.07. The second-order valence-corrected chi connectivity index (χ2v) is 2.91. The lowest BCUT2D eigenvalue weighted by atomic mass is 10.1. The van der Waals surface area contributed by atoms with Crippen molar-refractivity contribution in [2.75, 3.05) is 26.7 Å². The number of hydrogen-bond donors (Lipinski definition) is 0. The van der Waals surface area contributed by atoms with Crippen molar-refractivity contribution in [1.82, 2.24) is 4.90 Å². The Bertz CT molecular complexity index is 141. The van der Waals surface area contributed by atoms with Crippen LogP contribution < -0.4 is 0 Å². The molecule has 3 nitrogen and oxygen atoms in total. The number of likely N-dealkylation sites (tertiary alicyclic amines) is 1. The van der Waals surface area contributed by atoms with Gasteiger partial charge in [0, 0.05) is 0 Å². The summed E-state index contributed by atoms with van der Waals surface area (Å²) in [5.41, 5.74) is 0. The number of ether oxygens (including phenoxy) is 1. The highest BCUT2D eigenvalue weighted by molar-refractivity contribution is 5.86. The number of carbonyl (C=O) groups excluding carboxylic acids is 1. The summed E-state index contributed by atoms with van der Waals surface area (Å²) in [4.78, 5) is 13.0. The van der Waals surface area contributed by atoms with Crippen LogP contribution in [0.25, 0.3) is 0 Å². The molecule has 0 atom stereocenters. The Labute approximate surface area is 104 Å². The largest absolute Gasteiger partial charge is 0.468 e. The Kier molecular flexibility index (Phi) is 16.1. The summed E-state index contributed by atoms with van der Waals surface area (Å²) in [6.45, 7) is 2.57. The second kappa shape index (κ2) is 11.4. The molecule has 0 N–H and O–H groups in total. The van der Waals surface area contributed by atoms with Crippen LogP contribution >= 0.6 is 37.2 Å². The van der Waals surface area contributed by atoms with Crippen molar-refractivity contribution in [2.45, 2.75) is 19.3 Å². The quantitative estimate of drug-likeness (QED) is 0.715. The average Bonchev–Trinajstić information content (AvgIpc) is 2.06. The first-order valence-electron chi connectivity index (χ1n) is 4.12. The van der Waals surface area contributed by atoms with E-state index < -0.39 is 0 Å². The van der Waals surface area contributed by atoms with Crippen molar-refractivity contribution in [3.8, 4) is 0 Å². The third-order valence-corrected chi connectivity index (χ3v) is 2.03. The minimum atomic E-state index is -0.119. The minimum absolute atomic E-state index is 0. The first-order valence-corrected chi connectivity index (χ1v) is 4.12. The number of hydrogen-bond acceptors (Lipinski definition) is 3. The van der Waals surface area contributed by atoms with Gasteiger partial charge in [-0.25, -0.2) is 0 Å². The molecule has 0 aliphatic carbocycles. The van der Waals surface area contributed by atoms with Crippen molar-refractivity contribution in [2.24, 2.45) is 0 Å². The maximum absolute atomic E-state index is 10.8. The molecule has 0 amide bonds. The van der Waals surface area contributed by atoms with Crippen LogP contribution in [0.3, 0.4) is 0 Å². The average molecular weight is 267 g/mol. The first-order chi connectivity index (χ1) is 5.33. The van der Waals surface area contributed by atoms with E-state index in [2.05, 4.69) is 9.64 Å². The lowest BCUT2D eigenvalue weighted by Crippen LogP contribution is -2.34. The predicted molar refractivity (Wildman–Crippen MR) is 64.1 cm³/mol. The smallest absolute Gasteiger partial charge is 0.319 e. The van der Waals surface area contributed by atoms with E-state index in [0.29, 0.717) is 6.54 Å². The number of rotatable bonds is 2. The number of halogens is 3. The van der Waals surface area contributed by atoms with Gasteiger partial charge in [-0.1, -0.05) is 6.42 Å². The van der Waals surface area contributed by atoms with Gasteiger partial charge in [0.15, 0.2) is 0 Å². The van der Waals surface area contributed by atoms with Crippen molar-refractivity contribution < 1.29 is 9.53 Å². The van der Waals surface area contributed by atoms with Gasteiger partial charge in [0.05, 0.1) is 13.7 Å². The van der Waals surface area contributed by atoms with Gasteiger partial charge in [-0.3, -0.25) is 9.69 Å². The highest BCUT2D eigenvalue weighted by atomic mass is 35.5. The van der Waals surface area contributed by atoms with E-state index in [4.69, 9.17) is 0 Å². The molecule has 1 fully saturated rings. The standard InChI is InChI=1S/C8H15NO2.3ClH/c1-11-8(10)7-9-5-3-2-4-6-9;;;/h2-7H2,1H3;3*1H. The van der Waals surface area contributed by atoms with Crippen LogP contribution in [0.4, 0.5) is 0 Å². The van der Waals surface area contributed by atoms with Gasteiger partial charge >= 0.3 is 5.97 Å². The molecule has 1 aliphatic rings. The Morgan fingerprint density at radius 2 is 1.64 bits per heavy atom. The van der Waals surface area contributed by atoms with Crippen LogP contribution in [0.15, 0.2) is 0 Å². The van der Waals surface area contributed by atoms with E-state index in [-0.39, 0.29) is 43.2 Å². The van der Waals surface area contributed by atoms with Crippen molar-refractivity contribution in [3.05, 3.63) is 0 Å². The Balaban J connectivity index is -0.000000403. The summed E-state index contributed by atoms with van der Waals surface area (Å²) >= 11 is 0. The molecule has 0 bridgehead atoms. The maximum atomic E-state index is 10.8. The summed E-state index contributed by atoms with van der Waals surface area (Å²) < 4.78 is 4.57. The van der Waals surface area contributed by atoms with Crippen LogP contribution in [-0.2, 0) is 9.53 Å². The molecular weight excluding hydrogens is 248 g/mol. The van der Waals surface area contributed by atoms with Crippen LogP contribution in [0.5, 0.6) is 0 Å². The van der Waals surface area contributed by atoms with Gasteiger partial charge < -0.3 is 4.74 Å². The van der Waals surface area contributed by atoms with Gasteiger partial charge in [-0.2, -0.15) is 0 Å². The fourth-order valence-electron chi connectivity index (χ4n) is 1.36. The highest BCUT2D eigenvalue weighted by Gasteiger charge is 2.13. The van der Waals surface area contributed by atoms with Gasteiger partial charge in [-0.05, 0) is 25.9 Å². The normalized spacial score (nSPS) is 15.5. The van der Waals surface area contributed by atoms with E-state index in [1.807, 2.05) is 0 Å². The topological polar surface area (TPSA) is 29.5 Å². The Hall–Kier alpha value is 0.300. The molecule has 1 saturated heterocycles. The molecule has 1 aliphatic heterocycles. The SMILES string of the molecule is COC(=O)CN1CCCCC1.Cl.Cl.Cl. The molecule has 14 heavy (non-hydrogen) atoms. The van der Waals surface area contributed by atoms with Gasteiger partial charge in [0.25, 0.3) is 0 Å². The molecule has 0 aromatic heterocycles. The van der Waals surface area contributed by atoms with Crippen LogP contribution in [-0.4, -0.2) is 37.6 Å². The maximum Gasteiger partial charge on any atom is 0.319 e. The fraction of sp³-hybridized carbons (Fsp3) is 0.875. The van der Waals surface area contributed by atoms with Gasteiger partial charge in [0.1, 0.15) is 0 Å². The third-order valence-electron chi connectivity index (χ3n) is 2.03. The lowest BCUT2D eigenvalue weighted by Gasteiger charge is -2.24. The number of nitrogens with zero attached hydrogens (tertiary/aromatic N) is 1. The molecular formula is C8H18Cl3NO2. The third kappa shape index (κ3) is 7.68. The zero-order valence-corrected chi connectivity index (χ0v) is 10.7. The summed E-state index contributed by atoms with van der Waals surface area (Å²) in [6.07, 6.45) is 3.74. The molecule has 88 valence electrons. The lowest BCUT2D eigenvalue weighted by molar-refractivity contribution is -0.142. The molecule has 1 rings (SSSR count). The summed E-state index contributed by atoms with van der Waals surface area (Å²) in [6, 6.07) is 0. The molecule has 0 saturated carbocycles. The van der Waals surface area contributed by atoms with E-state index in [1.54, 1.807) is 0 Å². The molecule has 0 radical (unpaired) electrons. The molecule has 0 aromatic carbocycles. The number of esters is 1. The van der Waals surface area contributed by atoms with Crippen molar-refractivity contribution in [3.63, 3.8) is 0 Å². The predicted octanol–water partition coefficient (Wildman–Crippen LogP) is 1.91. The van der Waals surface area contributed by atoms with E-state index in [9.17, 15) is 4.79 Å². The number of piperidine rings is 1. The van der Waals surface area contributed by atoms with E-state index in [0.717, 1.165) is 13.1 Å². The second-order valence-electron chi connectivity index (χ2n) is 2.91. The number of methoxy groups -OCH3 is 1. The summed E-state index contributed by atoms with van der Waals surface area (Å²) in [7, 11) is 1.44. The van der Waals surface area contributed by atoms with Gasteiger partial charge in [0.2, 0.25) is 0 Å². The Morgan fingerprint density at radius 1 is 1.14 bits per heavy atom. The van der Waals surface area contributed by atoms with Crippen molar-refractivity contribution in [1.29, 1.82) is 0 Å². The number of carbonyl (C=O) groups is 1. The monoisotopic (exact) mass is 265 g/mol. The van der Waals surface area contributed by atoms with Crippen LogP contribution in [0, 0.1) is 0 Å². The molecule has 0 spiro atoms. The zero-order valence-electron chi connectivity index (χ0n) is 8.23. The minimum Gasteiger partial charge on any atom is -0.468 e. The fourth-order valence-corrected chi connectivity index (χ4v) is 1.36. The Morgan fingerprint density at radius 3 is 2.07 bits per heavy atom. The molecule has 6 heteroatoms. The van der Waals surface area contributed by atoms with Gasteiger partial charge in [-0.15, -0.1) is 37.2 Å². The summed E-state index contributed by atoms with van der Waals surface area (Å²) in [5.74, 6) is -0.119. The van der Waals surface area contributed by atoms with E-state index >= 15 is 0 Å². The first kappa shape index (κ1) is 19.8.